The van der Waals surface area contributed by atoms with Gasteiger partial charge in [0.15, 0.2) is 4.32 Å². The maximum Gasteiger partial charge on any atom is 1.00 e. The van der Waals surface area contributed by atoms with Crippen LogP contribution in [0.4, 0.5) is 0 Å². The van der Waals surface area contributed by atoms with Crippen molar-refractivity contribution in [2.75, 3.05) is 0 Å². The summed E-state index contributed by atoms with van der Waals surface area (Å²) in [5.74, 6) is 0. The third-order valence-electron chi connectivity index (χ3n) is 2.21. The minimum absolute atomic E-state index is 0. The zero-order valence-electron chi connectivity index (χ0n) is 8.50. The van der Waals surface area contributed by atoms with Gasteiger partial charge in [-0.15, -0.1) is 12.6 Å². The minimum Gasteiger partial charge on any atom is -0.241 e. The summed E-state index contributed by atoms with van der Waals surface area (Å²) in [4.78, 5) is 0. The Labute approximate surface area is 122 Å². The third-order valence-corrected chi connectivity index (χ3v) is 2.60. The number of thiocarbonyl (C=S) groups is 1. The predicted molar refractivity (Wildman–Crippen MR) is 65.7 cm³/mol. The van der Waals surface area contributed by atoms with Crippen molar-refractivity contribution in [2.45, 2.75) is 12.5 Å². The van der Waals surface area contributed by atoms with Gasteiger partial charge in [0.2, 0.25) is 0 Å². The minimum atomic E-state index is 0. The number of hydrogen-bond acceptors (Lipinski definition) is 2. The van der Waals surface area contributed by atoms with Gasteiger partial charge in [-0.3, -0.25) is 0 Å². The largest absolute Gasteiger partial charge is 1.00 e. The molecule has 1 aromatic carbocycles. The zero-order valence-corrected chi connectivity index (χ0v) is 12.2. The van der Waals surface area contributed by atoms with Crippen LogP contribution in [0.15, 0.2) is 35.4 Å². The first kappa shape index (κ1) is 13.2. The number of rotatable bonds is 1. The van der Waals surface area contributed by atoms with Crippen molar-refractivity contribution in [3.05, 3.63) is 35.9 Å². The average molecular weight is 245 g/mol. The summed E-state index contributed by atoms with van der Waals surface area (Å²) in [6.45, 7) is 0. The molecule has 0 aromatic heterocycles. The van der Waals surface area contributed by atoms with Gasteiger partial charge in [-0.2, -0.15) is 5.10 Å². The summed E-state index contributed by atoms with van der Waals surface area (Å²) in [5.41, 5.74) is 1.22. The first-order valence-electron chi connectivity index (χ1n) is 4.38. The van der Waals surface area contributed by atoms with Crippen molar-refractivity contribution in [1.29, 1.82) is 0 Å². The van der Waals surface area contributed by atoms with E-state index in [0.717, 1.165) is 6.42 Å². The van der Waals surface area contributed by atoms with E-state index < -0.39 is 0 Å². The van der Waals surface area contributed by atoms with Crippen molar-refractivity contribution in [2.24, 2.45) is 5.10 Å². The second-order valence-corrected chi connectivity index (χ2v) is 4.20. The molecule has 0 fully saturated rings. The normalized spacial score (nSPS) is 18.7. The summed E-state index contributed by atoms with van der Waals surface area (Å²) >= 11 is 9.16. The molecule has 72 valence electrons. The van der Waals surface area contributed by atoms with Crippen LogP contribution in [0.1, 0.15) is 18.0 Å². The van der Waals surface area contributed by atoms with Crippen molar-refractivity contribution in [1.82, 2.24) is 5.01 Å². The molecule has 15 heavy (non-hydrogen) atoms. The van der Waals surface area contributed by atoms with Gasteiger partial charge in [0.25, 0.3) is 0 Å². The van der Waals surface area contributed by atoms with Gasteiger partial charge in [-0.25, -0.2) is 5.01 Å². The average Bonchev–Trinajstić information content (AvgIpc) is 2.67. The van der Waals surface area contributed by atoms with Crippen LogP contribution in [0, 0.1) is 0 Å². The first-order valence-corrected chi connectivity index (χ1v) is 5.24. The smallest absolute Gasteiger partial charge is 0.241 e. The summed E-state index contributed by atoms with van der Waals surface area (Å²) in [5, 5.41) is 5.96. The van der Waals surface area contributed by atoms with Gasteiger partial charge >= 0.3 is 29.6 Å². The van der Waals surface area contributed by atoms with Crippen LogP contribution in [-0.2, 0) is 0 Å². The van der Waals surface area contributed by atoms with Crippen LogP contribution in [0.3, 0.4) is 0 Å². The Kier molecular flexibility index (Phi) is 5.29. The Hall–Kier alpha value is 0.130. The van der Waals surface area contributed by atoms with Crippen LogP contribution in [0.25, 0.3) is 0 Å². The molecule has 1 aliphatic rings. The van der Waals surface area contributed by atoms with E-state index in [1.165, 1.54) is 5.56 Å². The molecule has 0 saturated carbocycles. The molecule has 1 aliphatic heterocycles. The summed E-state index contributed by atoms with van der Waals surface area (Å²) < 4.78 is 0.521. The molecule has 2 nitrogen and oxygen atoms in total. The topological polar surface area (TPSA) is 15.6 Å². The van der Waals surface area contributed by atoms with E-state index in [-0.39, 0.29) is 35.6 Å². The van der Waals surface area contributed by atoms with Crippen molar-refractivity contribution >= 4 is 35.4 Å². The molecule has 1 heterocycles. The molecule has 1 atom stereocenters. The molecule has 0 aliphatic carbocycles. The molecule has 0 N–H and O–H groups in total. The van der Waals surface area contributed by atoms with Crippen molar-refractivity contribution < 1.29 is 29.6 Å². The van der Waals surface area contributed by atoms with Gasteiger partial charge in [-0.05, 0) is 5.56 Å². The maximum atomic E-state index is 5.01. The van der Waals surface area contributed by atoms with Gasteiger partial charge < -0.3 is 0 Å². The molecule has 0 bridgehead atoms. The van der Waals surface area contributed by atoms with Crippen LogP contribution in [-0.4, -0.2) is 15.5 Å². The second kappa shape index (κ2) is 6.01. The number of hydrogen-bond donors (Lipinski definition) is 1. The van der Waals surface area contributed by atoms with Gasteiger partial charge in [-0.1, -0.05) is 42.5 Å². The number of nitrogens with zero attached hydrogens (tertiary/aromatic N) is 2. The van der Waals surface area contributed by atoms with Crippen LogP contribution >= 0.6 is 24.8 Å². The Bertz CT molecular complexity index is 367. The Balaban J connectivity index is 0.00000112. The fraction of sp³-hybridized carbons (Fsp3) is 0.200. The summed E-state index contributed by atoms with van der Waals surface area (Å²) in [6, 6.07) is 10.4. The number of benzene rings is 1. The molecule has 0 amide bonds. The number of hydrazone groups is 1. The molecule has 0 spiro atoms. The summed E-state index contributed by atoms with van der Waals surface area (Å²) in [7, 11) is 0. The monoisotopic (exact) mass is 245 g/mol. The van der Waals surface area contributed by atoms with E-state index in [0.29, 0.717) is 4.32 Å². The Morgan fingerprint density at radius 2 is 2.07 bits per heavy atom. The molecule has 1 unspecified atom stereocenters. The Morgan fingerprint density at radius 1 is 1.40 bits per heavy atom. The fourth-order valence-electron chi connectivity index (χ4n) is 1.55. The fourth-order valence-corrected chi connectivity index (χ4v) is 1.92. The SMILES string of the molecule is S=C(S)N1N=CCC1c1ccccc1.[Na+]. The quantitative estimate of drug-likeness (QED) is 0.413. The van der Waals surface area contributed by atoms with E-state index >= 15 is 0 Å². The van der Waals surface area contributed by atoms with E-state index in [2.05, 4.69) is 29.9 Å². The molecule has 0 saturated heterocycles. The standard InChI is InChI=1S/C10H10N2S2.Na/c13-10(14)12-9(6-7-11-12)8-4-2-1-3-5-8;/h1-5,7,9H,6H2,(H,13,14);/q;+1. The first-order chi connectivity index (χ1) is 6.79. The maximum absolute atomic E-state index is 5.01. The van der Waals surface area contributed by atoms with Crippen LogP contribution in [0.2, 0.25) is 0 Å². The molecule has 5 heteroatoms. The summed E-state index contributed by atoms with van der Waals surface area (Å²) in [6.07, 6.45) is 2.77. The van der Waals surface area contributed by atoms with E-state index in [4.69, 9.17) is 12.2 Å². The van der Waals surface area contributed by atoms with Gasteiger partial charge in [0.05, 0.1) is 6.04 Å². The van der Waals surface area contributed by atoms with E-state index in [1.54, 1.807) is 5.01 Å². The molecular formula is C10H10N2NaS2+. The van der Waals surface area contributed by atoms with Crippen molar-refractivity contribution in [3.8, 4) is 0 Å². The Morgan fingerprint density at radius 3 is 2.67 bits per heavy atom. The molecule has 2 rings (SSSR count). The predicted octanol–water partition coefficient (Wildman–Crippen LogP) is -0.362. The zero-order chi connectivity index (χ0) is 9.97. The van der Waals surface area contributed by atoms with Gasteiger partial charge in [0, 0.05) is 12.6 Å². The van der Waals surface area contributed by atoms with E-state index in [9.17, 15) is 0 Å². The molecule has 0 radical (unpaired) electrons. The van der Waals surface area contributed by atoms with Crippen LogP contribution in [0.5, 0.6) is 0 Å². The molecule has 1 aromatic rings. The van der Waals surface area contributed by atoms with Crippen LogP contribution < -0.4 is 29.6 Å². The number of thiol groups is 1. The van der Waals surface area contributed by atoms with Crippen molar-refractivity contribution in [3.63, 3.8) is 0 Å². The second-order valence-electron chi connectivity index (χ2n) is 3.09. The van der Waals surface area contributed by atoms with E-state index in [1.807, 2.05) is 24.4 Å². The third kappa shape index (κ3) is 3.04. The van der Waals surface area contributed by atoms with Gasteiger partial charge in [0.1, 0.15) is 0 Å². The molecular weight excluding hydrogens is 235 g/mol.